The molecule has 4 nitrogen and oxygen atoms in total. The van der Waals surface area contributed by atoms with Crippen LogP contribution in [-0.4, -0.2) is 17.0 Å². The van der Waals surface area contributed by atoms with Crippen LogP contribution in [0.5, 0.6) is 0 Å². The molecular formula is C17H13ClFNO3. The lowest BCUT2D eigenvalue weighted by molar-refractivity contribution is 0.0696. The van der Waals surface area contributed by atoms with Crippen LogP contribution in [0.1, 0.15) is 44.3 Å². The van der Waals surface area contributed by atoms with Crippen molar-refractivity contribution in [3.63, 3.8) is 0 Å². The highest BCUT2D eigenvalue weighted by Crippen LogP contribution is 2.32. The summed E-state index contributed by atoms with van der Waals surface area (Å²) in [5.41, 5.74) is 1.71. The maximum absolute atomic E-state index is 13.8. The Hall–Kier alpha value is -2.40. The Morgan fingerprint density at radius 2 is 2.04 bits per heavy atom. The van der Waals surface area contributed by atoms with Crippen molar-refractivity contribution >= 4 is 23.5 Å². The summed E-state index contributed by atoms with van der Waals surface area (Å²) in [6.45, 7) is 0. The number of aromatic carboxylic acids is 1. The van der Waals surface area contributed by atoms with Crippen LogP contribution in [0.4, 0.5) is 4.39 Å². The Morgan fingerprint density at radius 3 is 2.74 bits per heavy atom. The third kappa shape index (κ3) is 2.92. The number of hydrogen-bond donors (Lipinski definition) is 2. The first-order chi connectivity index (χ1) is 11.0. The van der Waals surface area contributed by atoms with Crippen LogP contribution in [-0.2, 0) is 6.42 Å². The van der Waals surface area contributed by atoms with Crippen molar-refractivity contribution in [1.82, 2.24) is 5.32 Å². The number of carbonyl (C=O) groups excluding carboxylic acids is 1. The van der Waals surface area contributed by atoms with Gasteiger partial charge in [-0.05, 0) is 48.2 Å². The van der Waals surface area contributed by atoms with E-state index in [1.165, 1.54) is 18.2 Å². The van der Waals surface area contributed by atoms with Crippen LogP contribution in [0.3, 0.4) is 0 Å². The Labute approximate surface area is 136 Å². The molecule has 118 valence electrons. The zero-order chi connectivity index (χ0) is 16.6. The fourth-order valence-electron chi connectivity index (χ4n) is 2.83. The third-order valence-corrected chi connectivity index (χ3v) is 4.28. The van der Waals surface area contributed by atoms with Gasteiger partial charge in [-0.15, -0.1) is 0 Å². The van der Waals surface area contributed by atoms with Crippen molar-refractivity contribution in [3.05, 3.63) is 69.5 Å². The zero-order valence-corrected chi connectivity index (χ0v) is 12.7. The first kappa shape index (κ1) is 15.5. The van der Waals surface area contributed by atoms with E-state index in [1.54, 1.807) is 18.2 Å². The number of hydrogen-bond acceptors (Lipinski definition) is 2. The fraction of sp³-hybridized carbons (Fsp3) is 0.176. The lowest BCUT2D eigenvalue weighted by atomic mass is 10.0. The predicted octanol–water partition coefficient (Wildman–Crippen LogP) is 3.59. The van der Waals surface area contributed by atoms with E-state index in [0.29, 0.717) is 6.42 Å². The van der Waals surface area contributed by atoms with Crippen LogP contribution < -0.4 is 5.32 Å². The molecule has 1 atom stereocenters. The number of fused-ring (bicyclic) bond motifs is 1. The molecule has 0 spiro atoms. The molecule has 0 unspecified atom stereocenters. The van der Waals surface area contributed by atoms with Gasteiger partial charge in [0.05, 0.1) is 22.2 Å². The van der Waals surface area contributed by atoms with Gasteiger partial charge in [0.15, 0.2) is 0 Å². The smallest absolute Gasteiger partial charge is 0.335 e. The lowest BCUT2D eigenvalue weighted by Gasteiger charge is -2.15. The number of carboxylic acid groups (broad SMARTS) is 1. The number of nitrogens with one attached hydrogen (secondary N) is 1. The van der Waals surface area contributed by atoms with E-state index in [1.807, 2.05) is 0 Å². The van der Waals surface area contributed by atoms with E-state index in [-0.39, 0.29) is 22.2 Å². The maximum Gasteiger partial charge on any atom is 0.335 e. The highest BCUT2D eigenvalue weighted by molar-refractivity contribution is 6.33. The molecule has 0 heterocycles. The monoisotopic (exact) mass is 333 g/mol. The van der Waals surface area contributed by atoms with Gasteiger partial charge in [0.25, 0.3) is 5.91 Å². The van der Waals surface area contributed by atoms with E-state index >= 15 is 0 Å². The van der Waals surface area contributed by atoms with Gasteiger partial charge in [0, 0.05) is 0 Å². The second kappa shape index (κ2) is 6.01. The molecule has 1 amide bonds. The Bertz CT molecular complexity index is 786. The quantitative estimate of drug-likeness (QED) is 0.902. The third-order valence-electron chi connectivity index (χ3n) is 3.97. The van der Waals surface area contributed by atoms with Crippen molar-refractivity contribution in [2.24, 2.45) is 0 Å². The molecular weight excluding hydrogens is 321 g/mol. The molecule has 2 aromatic rings. The highest BCUT2D eigenvalue weighted by Gasteiger charge is 2.27. The lowest BCUT2D eigenvalue weighted by Crippen LogP contribution is -2.28. The Kier molecular flexibility index (Phi) is 4.05. The predicted molar refractivity (Wildman–Crippen MR) is 83.3 cm³/mol. The standard InChI is InChI=1S/C17H13ClFNO3/c18-12-2-1-3-13(19)15(12)16(21)20-14-7-6-9-4-5-10(17(22)23)8-11(9)14/h1-5,8,14H,6-7H2,(H,20,21)(H,22,23)/t14-/m1/s1. The summed E-state index contributed by atoms with van der Waals surface area (Å²) in [4.78, 5) is 23.4. The molecule has 1 aliphatic carbocycles. The van der Waals surface area contributed by atoms with Gasteiger partial charge in [0.2, 0.25) is 0 Å². The number of benzene rings is 2. The molecule has 0 bridgehead atoms. The minimum absolute atomic E-state index is 0.0417. The van der Waals surface area contributed by atoms with E-state index < -0.39 is 17.7 Å². The largest absolute Gasteiger partial charge is 0.478 e. The molecule has 0 fully saturated rings. The van der Waals surface area contributed by atoms with E-state index in [2.05, 4.69) is 5.32 Å². The molecule has 0 saturated heterocycles. The minimum Gasteiger partial charge on any atom is -0.478 e. The van der Waals surface area contributed by atoms with Gasteiger partial charge in [-0.1, -0.05) is 23.7 Å². The fourth-order valence-corrected chi connectivity index (χ4v) is 3.08. The average molecular weight is 334 g/mol. The van der Waals surface area contributed by atoms with Gasteiger partial charge < -0.3 is 10.4 Å². The van der Waals surface area contributed by atoms with Crippen LogP contribution in [0.15, 0.2) is 36.4 Å². The summed E-state index contributed by atoms with van der Waals surface area (Å²) in [6, 6.07) is 8.54. The molecule has 3 rings (SSSR count). The summed E-state index contributed by atoms with van der Waals surface area (Å²) in [5.74, 6) is -2.32. The maximum atomic E-state index is 13.8. The first-order valence-electron chi connectivity index (χ1n) is 7.08. The van der Waals surface area contributed by atoms with Crippen molar-refractivity contribution in [2.45, 2.75) is 18.9 Å². The molecule has 2 N–H and O–H groups in total. The molecule has 0 aromatic heterocycles. The summed E-state index contributed by atoms with van der Waals surface area (Å²) in [7, 11) is 0. The van der Waals surface area contributed by atoms with Crippen LogP contribution in [0.2, 0.25) is 5.02 Å². The molecule has 0 radical (unpaired) electrons. The van der Waals surface area contributed by atoms with Gasteiger partial charge in [-0.3, -0.25) is 4.79 Å². The highest BCUT2D eigenvalue weighted by atomic mass is 35.5. The number of rotatable bonds is 3. The number of carbonyl (C=O) groups is 2. The normalized spacial score (nSPS) is 16.0. The molecule has 0 saturated carbocycles. The van der Waals surface area contributed by atoms with Gasteiger partial charge >= 0.3 is 5.97 Å². The van der Waals surface area contributed by atoms with Gasteiger partial charge in [-0.25, -0.2) is 9.18 Å². The van der Waals surface area contributed by atoms with Crippen molar-refractivity contribution in [2.75, 3.05) is 0 Å². The van der Waals surface area contributed by atoms with Crippen LogP contribution in [0, 0.1) is 5.82 Å². The van der Waals surface area contributed by atoms with Gasteiger partial charge in [0.1, 0.15) is 5.82 Å². The molecule has 23 heavy (non-hydrogen) atoms. The van der Waals surface area contributed by atoms with E-state index in [9.17, 15) is 14.0 Å². The summed E-state index contributed by atoms with van der Waals surface area (Å²) in [5, 5.41) is 11.9. The number of amides is 1. The van der Waals surface area contributed by atoms with Crippen molar-refractivity contribution < 1.29 is 19.1 Å². The number of aryl methyl sites for hydroxylation is 1. The minimum atomic E-state index is -1.03. The zero-order valence-electron chi connectivity index (χ0n) is 12.0. The second-order valence-corrected chi connectivity index (χ2v) is 5.79. The molecule has 2 aromatic carbocycles. The second-order valence-electron chi connectivity index (χ2n) is 5.38. The SMILES string of the molecule is O=C(O)c1ccc2c(c1)[C@H](NC(=O)c1c(F)cccc1Cl)CC2. The first-order valence-corrected chi connectivity index (χ1v) is 7.46. The Balaban J connectivity index is 1.87. The summed E-state index contributed by atoms with van der Waals surface area (Å²) in [6.07, 6.45) is 1.36. The topological polar surface area (TPSA) is 66.4 Å². The summed E-state index contributed by atoms with van der Waals surface area (Å²) >= 11 is 5.90. The van der Waals surface area contributed by atoms with E-state index in [4.69, 9.17) is 16.7 Å². The number of halogens is 2. The van der Waals surface area contributed by atoms with Gasteiger partial charge in [-0.2, -0.15) is 0 Å². The molecule has 6 heteroatoms. The summed E-state index contributed by atoms with van der Waals surface area (Å²) < 4.78 is 13.8. The average Bonchev–Trinajstić information content (AvgIpc) is 2.89. The van der Waals surface area contributed by atoms with Crippen molar-refractivity contribution in [1.29, 1.82) is 0 Å². The van der Waals surface area contributed by atoms with E-state index in [0.717, 1.165) is 17.5 Å². The molecule has 0 aliphatic heterocycles. The Morgan fingerprint density at radius 1 is 1.26 bits per heavy atom. The van der Waals surface area contributed by atoms with Crippen LogP contribution >= 0.6 is 11.6 Å². The number of carboxylic acids is 1. The van der Waals surface area contributed by atoms with Crippen LogP contribution in [0.25, 0.3) is 0 Å². The molecule has 1 aliphatic rings. The van der Waals surface area contributed by atoms with Crippen molar-refractivity contribution in [3.8, 4) is 0 Å².